The van der Waals surface area contributed by atoms with Crippen LogP contribution < -0.4 is 5.32 Å². The van der Waals surface area contributed by atoms with Crippen LogP contribution in [0.25, 0.3) is 0 Å². The lowest BCUT2D eigenvalue weighted by Crippen LogP contribution is -2.23. The van der Waals surface area contributed by atoms with Crippen molar-refractivity contribution in [3.63, 3.8) is 0 Å². The van der Waals surface area contributed by atoms with E-state index in [9.17, 15) is 4.79 Å². The third-order valence-electron chi connectivity index (χ3n) is 2.52. The van der Waals surface area contributed by atoms with Crippen LogP contribution in [-0.2, 0) is 22.7 Å². The molecule has 0 atom stereocenters. The molecule has 94 valence electrons. The van der Waals surface area contributed by atoms with E-state index in [1.165, 1.54) is 0 Å². The predicted octanol–water partition coefficient (Wildman–Crippen LogP) is 1.22. The lowest BCUT2D eigenvalue weighted by molar-refractivity contribution is -0.121. The first kappa shape index (κ1) is 13.7. The van der Waals surface area contributed by atoms with E-state index in [1.807, 2.05) is 24.3 Å². The first-order valence-corrected chi connectivity index (χ1v) is 5.71. The van der Waals surface area contributed by atoms with Gasteiger partial charge < -0.3 is 15.2 Å². The topological polar surface area (TPSA) is 58.6 Å². The highest BCUT2D eigenvalue weighted by atomic mass is 16.5. The van der Waals surface area contributed by atoms with Gasteiger partial charge in [-0.2, -0.15) is 0 Å². The van der Waals surface area contributed by atoms with Gasteiger partial charge in [0.1, 0.15) is 0 Å². The van der Waals surface area contributed by atoms with Crippen molar-refractivity contribution in [1.82, 2.24) is 5.32 Å². The molecule has 0 saturated heterocycles. The Kier molecular flexibility index (Phi) is 6.29. The maximum atomic E-state index is 11.5. The largest absolute Gasteiger partial charge is 0.392 e. The number of rotatable bonds is 7. The number of hydrogen-bond donors (Lipinski definition) is 2. The number of amides is 1. The van der Waals surface area contributed by atoms with Crippen LogP contribution in [0.4, 0.5) is 0 Å². The third kappa shape index (κ3) is 4.97. The first-order chi connectivity index (χ1) is 8.27. The number of methoxy groups -OCH3 is 1. The Labute approximate surface area is 102 Å². The van der Waals surface area contributed by atoms with Crippen LogP contribution in [0.5, 0.6) is 0 Å². The molecule has 1 aromatic carbocycles. The van der Waals surface area contributed by atoms with Gasteiger partial charge in [0.2, 0.25) is 5.91 Å². The zero-order valence-electron chi connectivity index (χ0n) is 10.1. The molecule has 2 N–H and O–H groups in total. The summed E-state index contributed by atoms with van der Waals surface area (Å²) >= 11 is 0. The standard InChI is InChI=1S/C13H19NO3/c1-17-8-4-7-13(16)14-9-11-5-2-3-6-12(11)10-15/h2-3,5-6,15H,4,7-10H2,1H3,(H,14,16). The minimum atomic E-state index is -0.00425. The normalized spacial score (nSPS) is 10.2. The predicted molar refractivity (Wildman–Crippen MR) is 65.3 cm³/mol. The van der Waals surface area contributed by atoms with Crippen molar-refractivity contribution in [2.45, 2.75) is 26.0 Å². The molecule has 4 heteroatoms. The van der Waals surface area contributed by atoms with Crippen LogP contribution in [0.2, 0.25) is 0 Å². The Morgan fingerprint density at radius 3 is 2.71 bits per heavy atom. The van der Waals surface area contributed by atoms with Gasteiger partial charge in [-0.15, -0.1) is 0 Å². The maximum absolute atomic E-state index is 11.5. The fourth-order valence-electron chi connectivity index (χ4n) is 1.54. The van der Waals surface area contributed by atoms with Crippen molar-refractivity contribution >= 4 is 5.91 Å². The zero-order chi connectivity index (χ0) is 12.5. The molecule has 0 aliphatic rings. The number of nitrogens with one attached hydrogen (secondary N) is 1. The summed E-state index contributed by atoms with van der Waals surface area (Å²) in [5.41, 5.74) is 1.81. The molecule has 0 unspecified atom stereocenters. The molecular formula is C13H19NO3. The molecule has 1 amide bonds. The molecule has 17 heavy (non-hydrogen) atoms. The van der Waals surface area contributed by atoms with Gasteiger partial charge >= 0.3 is 0 Å². The van der Waals surface area contributed by atoms with E-state index in [-0.39, 0.29) is 12.5 Å². The van der Waals surface area contributed by atoms with Gasteiger partial charge in [0.15, 0.2) is 0 Å². The second kappa shape index (κ2) is 7.81. The molecule has 0 spiro atoms. The van der Waals surface area contributed by atoms with Crippen LogP contribution in [-0.4, -0.2) is 24.7 Å². The van der Waals surface area contributed by atoms with Gasteiger partial charge in [0.05, 0.1) is 6.61 Å². The quantitative estimate of drug-likeness (QED) is 0.701. The number of benzene rings is 1. The van der Waals surface area contributed by atoms with Gasteiger partial charge in [-0.25, -0.2) is 0 Å². The third-order valence-corrected chi connectivity index (χ3v) is 2.52. The van der Waals surface area contributed by atoms with E-state index in [2.05, 4.69) is 5.32 Å². The first-order valence-electron chi connectivity index (χ1n) is 5.71. The van der Waals surface area contributed by atoms with E-state index < -0.39 is 0 Å². The van der Waals surface area contributed by atoms with E-state index in [0.717, 1.165) is 17.5 Å². The van der Waals surface area contributed by atoms with Crippen molar-refractivity contribution in [2.24, 2.45) is 0 Å². The molecule has 0 aliphatic carbocycles. The number of hydrogen-bond acceptors (Lipinski definition) is 3. The highest BCUT2D eigenvalue weighted by Crippen LogP contribution is 2.08. The Bertz CT molecular complexity index is 352. The SMILES string of the molecule is COCCCC(=O)NCc1ccccc1CO. The van der Waals surface area contributed by atoms with E-state index in [0.29, 0.717) is 19.6 Å². The molecule has 0 fully saturated rings. The second-order valence-electron chi connectivity index (χ2n) is 3.80. The molecule has 0 aromatic heterocycles. The number of carbonyl (C=O) groups is 1. The summed E-state index contributed by atoms with van der Waals surface area (Å²) in [5.74, 6) is 0.00907. The van der Waals surface area contributed by atoms with Gasteiger partial charge in [-0.05, 0) is 17.5 Å². The molecule has 0 aliphatic heterocycles. The number of aliphatic hydroxyl groups is 1. The van der Waals surface area contributed by atoms with Crippen LogP contribution in [0.15, 0.2) is 24.3 Å². The average Bonchev–Trinajstić information content (AvgIpc) is 2.37. The Morgan fingerprint density at radius 1 is 1.35 bits per heavy atom. The fourth-order valence-corrected chi connectivity index (χ4v) is 1.54. The van der Waals surface area contributed by atoms with Gasteiger partial charge in [0.25, 0.3) is 0 Å². The van der Waals surface area contributed by atoms with Crippen LogP contribution >= 0.6 is 0 Å². The van der Waals surface area contributed by atoms with E-state index in [1.54, 1.807) is 7.11 Å². The van der Waals surface area contributed by atoms with Crippen molar-refractivity contribution in [2.75, 3.05) is 13.7 Å². The summed E-state index contributed by atoms with van der Waals surface area (Å²) in [7, 11) is 1.62. The minimum absolute atomic E-state index is 0.00425. The lowest BCUT2D eigenvalue weighted by atomic mass is 10.1. The molecule has 0 radical (unpaired) electrons. The molecule has 0 heterocycles. The molecular weight excluding hydrogens is 218 g/mol. The van der Waals surface area contributed by atoms with E-state index >= 15 is 0 Å². The molecule has 0 bridgehead atoms. The highest BCUT2D eigenvalue weighted by molar-refractivity contribution is 5.75. The summed E-state index contributed by atoms with van der Waals surface area (Å²) in [6, 6.07) is 7.52. The Morgan fingerprint density at radius 2 is 2.06 bits per heavy atom. The van der Waals surface area contributed by atoms with Crippen molar-refractivity contribution in [3.05, 3.63) is 35.4 Å². The van der Waals surface area contributed by atoms with Crippen molar-refractivity contribution in [3.8, 4) is 0 Å². The number of ether oxygens (including phenoxy) is 1. The Balaban J connectivity index is 2.36. The molecule has 0 saturated carbocycles. The fraction of sp³-hybridized carbons (Fsp3) is 0.462. The average molecular weight is 237 g/mol. The Hall–Kier alpha value is -1.39. The smallest absolute Gasteiger partial charge is 0.220 e. The van der Waals surface area contributed by atoms with Crippen LogP contribution in [0, 0.1) is 0 Å². The van der Waals surface area contributed by atoms with Crippen LogP contribution in [0.3, 0.4) is 0 Å². The van der Waals surface area contributed by atoms with E-state index in [4.69, 9.17) is 9.84 Å². The lowest BCUT2D eigenvalue weighted by Gasteiger charge is -2.08. The summed E-state index contributed by atoms with van der Waals surface area (Å²) in [6.45, 7) is 1.05. The summed E-state index contributed by atoms with van der Waals surface area (Å²) in [5, 5.41) is 12.0. The van der Waals surface area contributed by atoms with Crippen molar-refractivity contribution in [1.29, 1.82) is 0 Å². The number of aliphatic hydroxyl groups excluding tert-OH is 1. The monoisotopic (exact) mass is 237 g/mol. The molecule has 1 rings (SSSR count). The summed E-state index contributed by atoms with van der Waals surface area (Å²) in [6.07, 6.45) is 1.19. The molecule has 4 nitrogen and oxygen atoms in total. The minimum Gasteiger partial charge on any atom is -0.392 e. The van der Waals surface area contributed by atoms with Crippen LogP contribution in [0.1, 0.15) is 24.0 Å². The summed E-state index contributed by atoms with van der Waals surface area (Å²) in [4.78, 5) is 11.5. The molecule has 1 aromatic rings. The van der Waals surface area contributed by atoms with Gasteiger partial charge in [-0.1, -0.05) is 24.3 Å². The maximum Gasteiger partial charge on any atom is 0.220 e. The number of carbonyl (C=O) groups excluding carboxylic acids is 1. The van der Waals surface area contributed by atoms with Gasteiger partial charge in [-0.3, -0.25) is 4.79 Å². The van der Waals surface area contributed by atoms with Crippen molar-refractivity contribution < 1.29 is 14.6 Å². The highest BCUT2D eigenvalue weighted by Gasteiger charge is 2.03. The summed E-state index contributed by atoms with van der Waals surface area (Å²) < 4.78 is 4.88. The van der Waals surface area contributed by atoms with Gasteiger partial charge in [0, 0.05) is 26.7 Å². The zero-order valence-corrected chi connectivity index (χ0v) is 10.1. The second-order valence-corrected chi connectivity index (χ2v) is 3.80.